The van der Waals surface area contributed by atoms with Gasteiger partial charge in [-0.2, -0.15) is 0 Å². The first-order chi connectivity index (χ1) is 21.1. The molecule has 4 aromatic rings. The van der Waals surface area contributed by atoms with E-state index in [0.29, 0.717) is 16.9 Å². The van der Waals surface area contributed by atoms with Gasteiger partial charge in [0.1, 0.15) is 17.3 Å². The highest BCUT2D eigenvalue weighted by Crippen LogP contribution is 2.38. The zero-order chi connectivity index (χ0) is 31.7. The summed E-state index contributed by atoms with van der Waals surface area (Å²) < 4.78 is 31.8. The lowest BCUT2D eigenvalue weighted by Crippen LogP contribution is -2.46. The number of carbonyl (C=O) groups is 1. The van der Waals surface area contributed by atoms with Gasteiger partial charge in [0.05, 0.1) is 36.6 Å². The summed E-state index contributed by atoms with van der Waals surface area (Å²) in [5.74, 6) is -1.28. The van der Waals surface area contributed by atoms with Gasteiger partial charge >= 0.3 is 0 Å². The number of benzene rings is 2. The highest BCUT2D eigenvalue weighted by atomic mass is 31.0. The van der Waals surface area contributed by atoms with E-state index >= 15 is 4.39 Å². The van der Waals surface area contributed by atoms with E-state index in [0.717, 1.165) is 38.4 Å². The van der Waals surface area contributed by atoms with E-state index < -0.39 is 16.5 Å². The number of carbonyl (C=O) groups excluding carboxylic acids is 1. The fourth-order valence-electron chi connectivity index (χ4n) is 5.37. The van der Waals surface area contributed by atoms with Gasteiger partial charge in [-0.05, 0) is 24.7 Å². The van der Waals surface area contributed by atoms with Crippen LogP contribution in [0.25, 0.3) is 11.0 Å². The summed E-state index contributed by atoms with van der Waals surface area (Å²) in [7, 11) is 8.50. The molecular weight excluding hydrogens is 590 g/mol. The van der Waals surface area contributed by atoms with Gasteiger partial charge in [-0.1, -0.05) is 6.92 Å². The van der Waals surface area contributed by atoms with Crippen molar-refractivity contribution < 1.29 is 28.0 Å². The number of rotatable bonds is 10. The van der Waals surface area contributed by atoms with Gasteiger partial charge in [0.2, 0.25) is 5.78 Å². The lowest BCUT2D eigenvalue weighted by molar-refractivity contribution is -0.383. The second-order valence-corrected chi connectivity index (χ2v) is 11.0. The average molecular weight is 625 g/mol. The minimum absolute atomic E-state index is 0.0892. The van der Waals surface area contributed by atoms with Crippen LogP contribution in [0.1, 0.15) is 23.0 Å². The monoisotopic (exact) mass is 624 g/mol. The molecule has 44 heavy (non-hydrogen) atoms. The molecule has 1 N–H and O–H groups in total. The van der Waals surface area contributed by atoms with E-state index in [2.05, 4.69) is 36.3 Å². The molecule has 0 bridgehead atoms. The molecule has 3 heterocycles. The molecule has 0 radical (unpaired) electrons. The van der Waals surface area contributed by atoms with Crippen LogP contribution < -0.4 is 29.9 Å². The Kier molecular flexibility index (Phi) is 8.89. The number of nitrogens with one attached hydrogen (secondary N) is 1. The number of halogens is 1. The summed E-state index contributed by atoms with van der Waals surface area (Å²) in [6.07, 6.45) is 1.42. The molecule has 1 unspecified atom stereocenters. The maximum Gasteiger partial charge on any atom is 0.294 e. The number of anilines is 4. The molecule has 12 nitrogen and oxygen atoms in total. The Morgan fingerprint density at radius 3 is 2.48 bits per heavy atom. The molecule has 0 spiro atoms. The maximum atomic E-state index is 15.4. The molecule has 0 saturated carbocycles. The van der Waals surface area contributed by atoms with Crippen molar-refractivity contribution in [3.8, 4) is 11.5 Å². The van der Waals surface area contributed by atoms with Crippen LogP contribution in [0.4, 0.5) is 33.0 Å². The van der Waals surface area contributed by atoms with E-state index in [1.807, 2.05) is 6.07 Å². The van der Waals surface area contributed by atoms with Crippen LogP contribution in [0.15, 0.2) is 40.9 Å². The summed E-state index contributed by atoms with van der Waals surface area (Å²) >= 11 is 0. The summed E-state index contributed by atoms with van der Waals surface area (Å²) in [5, 5.41) is 15.8. The Morgan fingerprint density at radius 2 is 1.86 bits per heavy atom. The van der Waals surface area contributed by atoms with Crippen LogP contribution in [0.5, 0.6) is 11.5 Å². The number of nitro groups is 1. The number of aromatic nitrogens is 1. The minimum Gasteiger partial charge on any atom is -0.496 e. The number of ketones is 1. The molecule has 1 fully saturated rings. The standard InChI is InChI=1S/C30H34FN6O6P/c1-6-35-9-11-36(12-10-35)17-7-8-19(20(13-17)37(39)40)33-24-14-18-23(16-32-24)43-29(27(18)34(2)3)28(38)25-26(31)21(41-4)15-22(42-5)30(25)44/h7-8,13-16H,6,9-12,44H2,1-5H3,(H,32,33). The molecule has 1 atom stereocenters. The van der Waals surface area contributed by atoms with Gasteiger partial charge in [0.25, 0.3) is 5.69 Å². The Bertz CT molecular complexity index is 1710. The number of furan rings is 1. The molecule has 2 aromatic heterocycles. The van der Waals surface area contributed by atoms with Gasteiger partial charge in [-0.25, -0.2) is 9.37 Å². The Labute approximate surface area is 256 Å². The largest absolute Gasteiger partial charge is 0.496 e. The number of hydrogen-bond acceptors (Lipinski definition) is 11. The van der Waals surface area contributed by atoms with Crippen LogP contribution in [0.2, 0.25) is 0 Å². The quantitative estimate of drug-likeness (QED) is 0.115. The molecule has 1 aliphatic heterocycles. The third-order valence-electron chi connectivity index (χ3n) is 7.73. The summed E-state index contributed by atoms with van der Waals surface area (Å²) in [5.41, 5.74) is 1.35. The van der Waals surface area contributed by atoms with E-state index in [-0.39, 0.29) is 45.1 Å². The maximum absolute atomic E-state index is 15.4. The summed E-state index contributed by atoms with van der Waals surface area (Å²) in [4.78, 5) is 36.0. The lowest BCUT2D eigenvalue weighted by atomic mass is 10.0. The molecule has 1 saturated heterocycles. The number of pyridine rings is 1. The van der Waals surface area contributed by atoms with Gasteiger partial charge in [0, 0.05) is 68.8 Å². The van der Waals surface area contributed by atoms with Crippen LogP contribution in [0, 0.1) is 15.9 Å². The number of hydrogen-bond donors (Lipinski definition) is 1. The molecule has 232 valence electrons. The highest BCUT2D eigenvalue weighted by molar-refractivity contribution is 7.28. The van der Waals surface area contributed by atoms with Gasteiger partial charge in [0.15, 0.2) is 22.9 Å². The lowest BCUT2D eigenvalue weighted by Gasteiger charge is -2.35. The molecule has 0 aliphatic carbocycles. The predicted octanol–water partition coefficient (Wildman–Crippen LogP) is 4.58. The molecule has 5 rings (SSSR count). The van der Waals surface area contributed by atoms with E-state index in [1.54, 1.807) is 37.2 Å². The highest BCUT2D eigenvalue weighted by Gasteiger charge is 2.30. The summed E-state index contributed by atoms with van der Waals surface area (Å²) in [6.45, 7) is 6.46. The fraction of sp³-hybridized carbons (Fsp3) is 0.333. The van der Waals surface area contributed by atoms with Crippen molar-refractivity contribution in [1.29, 1.82) is 0 Å². The first-order valence-corrected chi connectivity index (χ1v) is 14.5. The fourth-order valence-corrected chi connectivity index (χ4v) is 5.83. The Morgan fingerprint density at radius 1 is 1.16 bits per heavy atom. The van der Waals surface area contributed by atoms with Crippen LogP contribution >= 0.6 is 9.24 Å². The van der Waals surface area contributed by atoms with Crippen LogP contribution in [-0.2, 0) is 0 Å². The van der Waals surface area contributed by atoms with Crippen molar-refractivity contribution in [2.75, 3.05) is 76.2 Å². The molecule has 2 aromatic carbocycles. The van der Waals surface area contributed by atoms with Crippen molar-refractivity contribution in [1.82, 2.24) is 9.88 Å². The number of fused-ring (bicyclic) bond motifs is 1. The molecule has 0 amide bonds. The smallest absolute Gasteiger partial charge is 0.294 e. The number of piperazine rings is 1. The van der Waals surface area contributed by atoms with Crippen LogP contribution in [-0.4, -0.2) is 81.6 Å². The number of ether oxygens (including phenoxy) is 2. The van der Waals surface area contributed by atoms with Gasteiger partial charge in [-0.3, -0.25) is 14.9 Å². The number of methoxy groups -OCH3 is 2. The molecule has 1 aliphatic rings. The van der Waals surface area contributed by atoms with Crippen molar-refractivity contribution >= 4 is 59.9 Å². The average Bonchev–Trinajstić information content (AvgIpc) is 3.40. The van der Waals surface area contributed by atoms with Crippen molar-refractivity contribution in [2.24, 2.45) is 0 Å². The van der Waals surface area contributed by atoms with Gasteiger partial charge < -0.3 is 33.9 Å². The number of likely N-dealkylation sites (N-methyl/N-ethyl adjacent to an activating group) is 1. The van der Waals surface area contributed by atoms with Crippen molar-refractivity contribution in [3.05, 3.63) is 63.8 Å². The number of nitro benzene ring substituents is 1. The topological polar surface area (TPSA) is 126 Å². The molecular formula is C30H34FN6O6P. The molecule has 14 heteroatoms. The number of nitrogens with zero attached hydrogens (tertiary/aromatic N) is 5. The minimum atomic E-state index is -0.850. The van der Waals surface area contributed by atoms with E-state index in [1.165, 1.54) is 26.5 Å². The van der Waals surface area contributed by atoms with E-state index in [9.17, 15) is 14.9 Å². The second kappa shape index (κ2) is 12.6. The normalized spacial score (nSPS) is 13.7. The van der Waals surface area contributed by atoms with Crippen molar-refractivity contribution in [2.45, 2.75) is 6.92 Å². The predicted molar refractivity (Wildman–Crippen MR) is 171 cm³/mol. The van der Waals surface area contributed by atoms with E-state index in [4.69, 9.17) is 13.9 Å². The zero-order valence-corrected chi connectivity index (χ0v) is 26.3. The zero-order valence-electron chi connectivity index (χ0n) is 25.1. The Hall–Kier alpha value is -4.48. The second-order valence-electron chi connectivity index (χ2n) is 10.5. The first kappa shape index (κ1) is 31.0. The third kappa shape index (κ3) is 5.72. The van der Waals surface area contributed by atoms with Crippen molar-refractivity contribution in [3.63, 3.8) is 0 Å². The van der Waals surface area contributed by atoms with Crippen LogP contribution in [0.3, 0.4) is 0 Å². The van der Waals surface area contributed by atoms with Gasteiger partial charge in [-0.15, -0.1) is 9.24 Å². The summed E-state index contributed by atoms with van der Waals surface area (Å²) in [6, 6.07) is 8.09. The SMILES string of the molecule is CCN1CCN(c2ccc(Nc3cc4c(N(C)C)c(C(=O)c5c(F)c(OC)cc(OC)c5P)oc4cn3)c([N+](=O)[O-])c2)CC1. The first-order valence-electron chi connectivity index (χ1n) is 13.9. The Balaban J connectivity index is 1.51. The third-order valence-corrected chi connectivity index (χ3v) is 8.30.